The average molecular weight is 273 g/mol. The van der Waals surface area contributed by atoms with Gasteiger partial charge in [-0.3, -0.25) is 4.98 Å². The highest BCUT2D eigenvalue weighted by Gasteiger charge is 2.39. The largest absolute Gasteiger partial charge is 0.374 e. The molecule has 3 atom stereocenters. The quantitative estimate of drug-likeness (QED) is 0.863. The maximum atomic E-state index is 4.44. The van der Waals surface area contributed by atoms with Gasteiger partial charge in [0.15, 0.2) is 0 Å². The minimum atomic E-state index is 0.867. The van der Waals surface area contributed by atoms with Crippen molar-refractivity contribution in [3.05, 3.63) is 24.0 Å². The molecule has 0 radical (unpaired) electrons. The van der Waals surface area contributed by atoms with Gasteiger partial charge < -0.3 is 10.2 Å². The molecular formula is C17H27N3. The van der Waals surface area contributed by atoms with E-state index in [-0.39, 0.29) is 0 Å². The minimum Gasteiger partial charge on any atom is -0.374 e. The van der Waals surface area contributed by atoms with Crippen LogP contribution in [0, 0.1) is 17.8 Å². The van der Waals surface area contributed by atoms with E-state index in [1.807, 2.05) is 6.20 Å². The number of rotatable bonds is 6. The molecule has 2 saturated carbocycles. The zero-order valence-electron chi connectivity index (χ0n) is 12.8. The van der Waals surface area contributed by atoms with Gasteiger partial charge in [0, 0.05) is 32.0 Å². The molecule has 110 valence electrons. The first-order valence-corrected chi connectivity index (χ1v) is 8.13. The van der Waals surface area contributed by atoms with Crippen molar-refractivity contribution in [1.82, 2.24) is 10.3 Å². The number of pyridine rings is 1. The monoisotopic (exact) mass is 273 g/mol. The summed E-state index contributed by atoms with van der Waals surface area (Å²) in [5.74, 6) is 2.97. The Hall–Kier alpha value is -1.09. The van der Waals surface area contributed by atoms with Crippen LogP contribution in [0.5, 0.6) is 0 Å². The second kappa shape index (κ2) is 6.13. The Kier molecular flexibility index (Phi) is 4.25. The molecule has 2 aliphatic carbocycles. The molecule has 3 unspecified atom stereocenters. The van der Waals surface area contributed by atoms with Crippen molar-refractivity contribution in [1.29, 1.82) is 0 Å². The van der Waals surface area contributed by atoms with E-state index in [4.69, 9.17) is 0 Å². The van der Waals surface area contributed by atoms with Gasteiger partial charge in [0.1, 0.15) is 0 Å². The second-order valence-electron chi connectivity index (χ2n) is 6.60. The molecule has 3 nitrogen and oxygen atoms in total. The predicted molar refractivity (Wildman–Crippen MR) is 83.8 cm³/mol. The van der Waals surface area contributed by atoms with Gasteiger partial charge in [-0.15, -0.1) is 0 Å². The van der Waals surface area contributed by atoms with Crippen LogP contribution in [0.4, 0.5) is 5.69 Å². The lowest BCUT2D eigenvalue weighted by Gasteiger charge is -2.28. The Balaban J connectivity index is 1.60. The summed E-state index contributed by atoms with van der Waals surface area (Å²) in [6.07, 6.45) is 7.88. The van der Waals surface area contributed by atoms with Gasteiger partial charge >= 0.3 is 0 Å². The summed E-state index contributed by atoms with van der Waals surface area (Å²) in [6.45, 7) is 5.20. The zero-order chi connectivity index (χ0) is 13.9. The van der Waals surface area contributed by atoms with Gasteiger partial charge in [-0.1, -0.05) is 13.3 Å². The van der Waals surface area contributed by atoms with Gasteiger partial charge in [-0.25, -0.2) is 0 Å². The molecule has 1 aromatic heterocycles. The average Bonchev–Trinajstić information content (AvgIpc) is 3.08. The smallest absolute Gasteiger partial charge is 0.0562 e. The number of nitrogens with zero attached hydrogens (tertiary/aromatic N) is 2. The van der Waals surface area contributed by atoms with Gasteiger partial charge in [0.25, 0.3) is 0 Å². The molecule has 1 aromatic rings. The molecule has 0 aliphatic heterocycles. The molecule has 2 fully saturated rings. The highest BCUT2D eigenvalue weighted by Crippen LogP contribution is 2.48. The Bertz CT molecular complexity index is 446. The lowest BCUT2D eigenvalue weighted by atomic mass is 9.88. The fraction of sp³-hybridized carbons (Fsp3) is 0.706. The van der Waals surface area contributed by atoms with E-state index in [9.17, 15) is 0 Å². The number of aromatic nitrogens is 1. The highest BCUT2D eigenvalue weighted by atomic mass is 15.1. The lowest BCUT2D eigenvalue weighted by Crippen LogP contribution is -2.28. The van der Waals surface area contributed by atoms with E-state index in [1.165, 1.54) is 37.9 Å². The third-order valence-corrected chi connectivity index (χ3v) is 5.19. The number of nitrogens with one attached hydrogen (secondary N) is 1. The first-order chi connectivity index (χ1) is 9.76. The summed E-state index contributed by atoms with van der Waals surface area (Å²) in [5.41, 5.74) is 2.46. The standard InChI is InChI=1S/C17H27N3/c1-3-18-11-16-10-17(6-7-19-16)20(2)12-15-9-13-4-5-14(15)8-13/h6-7,10,13-15,18H,3-5,8-9,11-12H2,1-2H3. The maximum Gasteiger partial charge on any atom is 0.0562 e. The number of hydrogen-bond donors (Lipinski definition) is 1. The fourth-order valence-electron chi connectivity index (χ4n) is 4.11. The van der Waals surface area contributed by atoms with E-state index in [2.05, 4.69) is 41.3 Å². The molecule has 3 rings (SSSR count). The summed E-state index contributed by atoms with van der Waals surface area (Å²) in [7, 11) is 2.23. The van der Waals surface area contributed by atoms with E-state index in [0.717, 1.165) is 36.5 Å². The molecule has 2 aliphatic rings. The number of anilines is 1. The first kappa shape index (κ1) is 13.9. The summed E-state index contributed by atoms with van der Waals surface area (Å²) in [5, 5.41) is 3.34. The lowest BCUT2D eigenvalue weighted by molar-refractivity contribution is 0.337. The Morgan fingerprint density at radius 1 is 1.35 bits per heavy atom. The molecule has 1 heterocycles. The van der Waals surface area contributed by atoms with E-state index >= 15 is 0 Å². The SMILES string of the molecule is CCNCc1cc(N(C)CC2CC3CCC2C3)ccn1. The van der Waals surface area contributed by atoms with Gasteiger partial charge in [0.2, 0.25) is 0 Å². The van der Waals surface area contributed by atoms with Crippen LogP contribution in [0.15, 0.2) is 18.3 Å². The number of fused-ring (bicyclic) bond motifs is 2. The van der Waals surface area contributed by atoms with Crippen molar-refractivity contribution in [2.75, 3.05) is 25.0 Å². The molecule has 0 saturated heterocycles. The molecule has 1 N–H and O–H groups in total. The van der Waals surface area contributed by atoms with E-state index in [1.54, 1.807) is 0 Å². The topological polar surface area (TPSA) is 28.2 Å². The minimum absolute atomic E-state index is 0.867. The van der Waals surface area contributed by atoms with Crippen molar-refractivity contribution in [2.45, 2.75) is 39.2 Å². The molecule has 0 spiro atoms. The summed E-state index contributed by atoms with van der Waals surface area (Å²) >= 11 is 0. The first-order valence-electron chi connectivity index (χ1n) is 8.13. The van der Waals surface area contributed by atoms with Crippen LogP contribution in [-0.4, -0.2) is 25.1 Å². The Morgan fingerprint density at radius 2 is 2.25 bits per heavy atom. The van der Waals surface area contributed by atoms with Crippen molar-refractivity contribution in [3.8, 4) is 0 Å². The number of hydrogen-bond acceptors (Lipinski definition) is 3. The van der Waals surface area contributed by atoms with Crippen molar-refractivity contribution in [2.24, 2.45) is 17.8 Å². The van der Waals surface area contributed by atoms with Crippen molar-refractivity contribution in [3.63, 3.8) is 0 Å². The van der Waals surface area contributed by atoms with Gasteiger partial charge in [-0.2, -0.15) is 0 Å². The Labute approximate surface area is 122 Å². The summed E-state index contributed by atoms with van der Waals surface area (Å²) in [6, 6.07) is 4.37. The predicted octanol–water partition coefficient (Wildman–Crippen LogP) is 3.06. The Morgan fingerprint density at radius 3 is 2.95 bits per heavy atom. The molecule has 3 heteroatoms. The van der Waals surface area contributed by atoms with Crippen LogP contribution in [0.1, 0.15) is 38.3 Å². The molecule has 0 aromatic carbocycles. The van der Waals surface area contributed by atoms with Crippen LogP contribution in [-0.2, 0) is 6.54 Å². The summed E-state index contributed by atoms with van der Waals surface area (Å²) < 4.78 is 0. The van der Waals surface area contributed by atoms with Crippen LogP contribution >= 0.6 is 0 Å². The second-order valence-corrected chi connectivity index (χ2v) is 6.60. The van der Waals surface area contributed by atoms with E-state index < -0.39 is 0 Å². The van der Waals surface area contributed by atoms with Gasteiger partial charge in [0.05, 0.1) is 5.69 Å². The van der Waals surface area contributed by atoms with Crippen LogP contribution < -0.4 is 10.2 Å². The molecule has 2 bridgehead atoms. The summed E-state index contributed by atoms with van der Waals surface area (Å²) in [4.78, 5) is 6.87. The normalized spacial score (nSPS) is 28.0. The molecule has 20 heavy (non-hydrogen) atoms. The van der Waals surface area contributed by atoms with Crippen molar-refractivity contribution >= 4 is 5.69 Å². The maximum absolute atomic E-state index is 4.44. The zero-order valence-corrected chi connectivity index (χ0v) is 12.8. The van der Waals surface area contributed by atoms with Crippen LogP contribution in [0.3, 0.4) is 0 Å². The highest BCUT2D eigenvalue weighted by molar-refractivity contribution is 5.45. The van der Waals surface area contributed by atoms with Crippen LogP contribution in [0.25, 0.3) is 0 Å². The van der Waals surface area contributed by atoms with E-state index in [0.29, 0.717) is 0 Å². The molecule has 0 amide bonds. The van der Waals surface area contributed by atoms with Crippen LogP contribution in [0.2, 0.25) is 0 Å². The third-order valence-electron chi connectivity index (χ3n) is 5.19. The van der Waals surface area contributed by atoms with Crippen molar-refractivity contribution < 1.29 is 0 Å². The van der Waals surface area contributed by atoms with Gasteiger partial charge in [-0.05, 0) is 55.7 Å². The molecular weight excluding hydrogens is 246 g/mol. The third kappa shape index (κ3) is 2.98. The fourth-order valence-corrected chi connectivity index (χ4v) is 4.11.